The van der Waals surface area contributed by atoms with Gasteiger partial charge in [0.05, 0.1) is 26.4 Å². The van der Waals surface area contributed by atoms with Gasteiger partial charge in [-0.25, -0.2) is 0 Å². The zero-order chi connectivity index (χ0) is 16.7. The fraction of sp³-hybridized carbons (Fsp3) is 1.00. The smallest absolute Gasteiger partial charge is 0.0591 e. The standard InChI is InChI=1S/C8H22N4O.C6H16N2O/c9-1-3-11-5-7-13-8-6-12-4-2-10;1-7-3-5-9-6-4-8-2/h11-12H,1-10H2;7-8H,3-6H2,1-2H3. The van der Waals surface area contributed by atoms with Crippen LogP contribution in [0.2, 0.25) is 0 Å². The second-order valence-corrected chi connectivity index (χ2v) is 4.51. The zero-order valence-corrected chi connectivity index (χ0v) is 14.5. The van der Waals surface area contributed by atoms with Crippen molar-refractivity contribution >= 4 is 0 Å². The summed E-state index contributed by atoms with van der Waals surface area (Å²) in [6.45, 7) is 9.76. The van der Waals surface area contributed by atoms with E-state index in [0.717, 1.165) is 65.7 Å². The minimum absolute atomic E-state index is 0.679. The first kappa shape index (κ1) is 23.9. The highest BCUT2D eigenvalue weighted by Crippen LogP contribution is 1.71. The highest BCUT2D eigenvalue weighted by molar-refractivity contribution is 4.48. The van der Waals surface area contributed by atoms with E-state index >= 15 is 0 Å². The van der Waals surface area contributed by atoms with E-state index in [1.54, 1.807) is 0 Å². The molecule has 8 nitrogen and oxygen atoms in total. The monoisotopic (exact) mass is 322 g/mol. The fourth-order valence-corrected chi connectivity index (χ4v) is 1.30. The normalized spacial score (nSPS) is 10.4. The van der Waals surface area contributed by atoms with Crippen LogP contribution in [0, 0.1) is 0 Å². The number of likely N-dealkylation sites (N-methyl/N-ethyl adjacent to an activating group) is 2. The molecule has 0 rings (SSSR count). The molecule has 0 atom stereocenters. The maximum absolute atomic E-state index is 5.32. The van der Waals surface area contributed by atoms with E-state index in [-0.39, 0.29) is 0 Å². The number of hydrogen-bond donors (Lipinski definition) is 6. The molecule has 0 aliphatic heterocycles. The van der Waals surface area contributed by atoms with Gasteiger partial charge in [0.25, 0.3) is 0 Å². The van der Waals surface area contributed by atoms with Crippen molar-refractivity contribution in [2.45, 2.75) is 0 Å². The molecule has 8 N–H and O–H groups in total. The minimum Gasteiger partial charge on any atom is -0.379 e. The molecule has 0 radical (unpaired) electrons. The van der Waals surface area contributed by atoms with Crippen molar-refractivity contribution in [1.29, 1.82) is 0 Å². The third-order valence-electron chi connectivity index (χ3n) is 2.48. The lowest BCUT2D eigenvalue weighted by atomic mass is 10.5. The second kappa shape index (κ2) is 25.6. The third kappa shape index (κ3) is 27.9. The van der Waals surface area contributed by atoms with Crippen LogP contribution in [0.4, 0.5) is 0 Å². The van der Waals surface area contributed by atoms with Crippen molar-refractivity contribution in [1.82, 2.24) is 21.3 Å². The Morgan fingerprint density at radius 3 is 1.27 bits per heavy atom. The molecule has 22 heavy (non-hydrogen) atoms. The Hall–Kier alpha value is -0.320. The van der Waals surface area contributed by atoms with Gasteiger partial charge in [0.1, 0.15) is 0 Å². The summed E-state index contributed by atoms with van der Waals surface area (Å²) in [4.78, 5) is 0. The van der Waals surface area contributed by atoms with Gasteiger partial charge in [0.2, 0.25) is 0 Å². The molecular formula is C14H38N6O2. The largest absolute Gasteiger partial charge is 0.379 e. The predicted molar refractivity (Wildman–Crippen MR) is 93.3 cm³/mol. The fourth-order valence-electron chi connectivity index (χ4n) is 1.30. The summed E-state index contributed by atoms with van der Waals surface area (Å²) in [7, 11) is 3.84. The van der Waals surface area contributed by atoms with Crippen molar-refractivity contribution in [3.8, 4) is 0 Å². The number of nitrogens with one attached hydrogen (secondary N) is 4. The number of rotatable bonds is 16. The van der Waals surface area contributed by atoms with Gasteiger partial charge < -0.3 is 42.2 Å². The first-order chi connectivity index (χ1) is 10.8. The molecule has 0 fully saturated rings. The average molecular weight is 322 g/mol. The summed E-state index contributed by atoms with van der Waals surface area (Å²) in [6, 6.07) is 0. The summed E-state index contributed by atoms with van der Waals surface area (Å²) in [5.74, 6) is 0. The van der Waals surface area contributed by atoms with E-state index in [4.69, 9.17) is 20.9 Å². The topological polar surface area (TPSA) is 119 Å². The molecule has 0 aliphatic rings. The van der Waals surface area contributed by atoms with Crippen LogP contribution in [0.1, 0.15) is 0 Å². The Morgan fingerprint density at radius 1 is 0.591 bits per heavy atom. The molecule has 0 saturated carbocycles. The molecule has 0 spiro atoms. The highest BCUT2D eigenvalue weighted by atomic mass is 16.5. The van der Waals surface area contributed by atoms with Crippen molar-refractivity contribution in [2.24, 2.45) is 11.5 Å². The average Bonchev–Trinajstić information content (AvgIpc) is 2.54. The molecule has 0 amide bonds. The summed E-state index contributed by atoms with van der Waals surface area (Å²) >= 11 is 0. The van der Waals surface area contributed by atoms with Gasteiger partial charge in [0.15, 0.2) is 0 Å². The molecule has 0 saturated heterocycles. The summed E-state index contributed by atoms with van der Waals surface area (Å²) in [6.07, 6.45) is 0. The van der Waals surface area contributed by atoms with Crippen LogP contribution in [0.5, 0.6) is 0 Å². The van der Waals surface area contributed by atoms with Crippen molar-refractivity contribution < 1.29 is 9.47 Å². The summed E-state index contributed by atoms with van der Waals surface area (Å²) in [5.41, 5.74) is 10.6. The molecule has 0 bridgehead atoms. The van der Waals surface area contributed by atoms with Gasteiger partial charge >= 0.3 is 0 Å². The maximum atomic E-state index is 5.32. The summed E-state index contributed by atoms with van der Waals surface area (Å²) in [5, 5.41) is 12.3. The second-order valence-electron chi connectivity index (χ2n) is 4.51. The van der Waals surface area contributed by atoms with Gasteiger partial charge in [-0.05, 0) is 14.1 Å². The summed E-state index contributed by atoms with van der Waals surface area (Å²) < 4.78 is 10.5. The van der Waals surface area contributed by atoms with Crippen LogP contribution in [-0.2, 0) is 9.47 Å². The lowest BCUT2D eigenvalue weighted by molar-refractivity contribution is 0.138. The van der Waals surface area contributed by atoms with Gasteiger partial charge in [0, 0.05) is 52.4 Å². The molecule has 0 heterocycles. The van der Waals surface area contributed by atoms with Crippen molar-refractivity contribution in [3.63, 3.8) is 0 Å². The molecule has 0 unspecified atom stereocenters. The van der Waals surface area contributed by atoms with Gasteiger partial charge in [-0.1, -0.05) is 0 Å². The number of ether oxygens (including phenoxy) is 2. The van der Waals surface area contributed by atoms with Crippen molar-refractivity contribution in [3.05, 3.63) is 0 Å². The van der Waals surface area contributed by atoms with E-state index in [2.05, 4.69) is 21.3 Å². The van der Waals surface area contributed by atoms with Crippen LogP contribution in [0.15, 0.2) is 0 Å². The van der Waals surface area contributed by atoms with E-state index in [1.807, 2.05) is 14.1 Å². The molecule has 0 aliphatic carbocycles. The van der Waals surface area contributed by atoms with Crippen LogP contribution in [-0.4, -0.2) is 92.9 Å². The number of hydrogen-bond acceptors (Lipinski definition) is 8. The van der Waals surface area contributed by atoms with E-state index in [1.165, 1.54) is 0 Å². The Bertz CT molecular complexity index is 161. The molecule has 0 aromatic heterocycles. The molecule has 0 aromatic rings. The van der Waals surface area contributed by atoms with Crippen molar-refractivity contribution in [2.75, 3.05) is 92.9 Å². The Labute approximate surface area is 136 Å². The molecule has 0 aromatic carbocycles. The van der Waals surface area contributed by atoms with E-state index in [0.29, 0.717) is 13.1 Å². The first-order valence-corrected chi connectivity index (χ1v) is 8.09. The molecular weight excluding hydrogens is 284 g/mol. The molecule has 136 valence electrons. The van der Waals surface area contributed by atoms with Crippen LogP contribution < -0.4 is 32.7 Å². The maximum Gasteiger partial charge on any atom is 0.0591 e. The van der Waals surface area contributed by atoms with Gasteiger partial charge in [-0.3, -0.25) is 0 Å². The van der Waals surface area contributed by atoms with Gasteiger partial charge in [-0.2, -0.15) is 0 Å². The zero-order valence-electron chi connectivity index (χ0n) is 14.5. The Kier molecular flexibility index (Phi) is 27.9. The first-order valence-electron chi connectivity index (χ1n) is 8.09. The third-order valence-corrected chi connectivity index (χ3v) is 2.48. The SMILES string of the molecule is CNCCOCCNC.NCCNCCOCCNCCN. The minimum atomic E-state index is 0.679. The highest BCUT2D eigenvalue weighted by Gasteiger charge is 1.88. The van der Waals surface area contributed by atoms with Gasteiger partial charge in [-0.15, -0.1) is 0 Å². The lowest BCUT2D eigenvalue weighted by Crippen LogP contribution is -2.28. The predicted octanol–water partition coefficient (Wildman–Crippen LogP) is -2.46. The van der Waals surface area contributed by atoms with Crippen LogP contribution in [0.3, 0.4) is 0 Å². The van der Waals surface area contributed by atoms with E-state index < -0.39 is 0 Å². The Morgan fingerprint density at radius 2 is 0.955 bits per heavy atom. The Balaban J connectivity index is 0. The quantitative estimate of drug-likeness (QED) is 0.173. The number of nitrogens with two attached hydrogens (primary N) is 2. The molecule has 8 heteroatoms. The van der Waals surface area contributed by atoms with Crippen LogP contribution >= 0.6 is 0 Å². The van der Waals surface area contributed by atoms with Crippen LogP contribution in [0.25, 0.3) is 0 Å². The van der Waals surface area contributed by atoms with E-state index in [9.17, 15) is 0 Å². The lowest BCUT2D eigenvalue weighted by Gasteiger charge is -2.05.